The van der Waals surface area contributed by atoms with Gasteiger partial charge in [-0.1, -0.05) is 0 Å². The van der Waals surface area contributed by atoms with Crippen molar-refractivity contribution < 1.29 is 4.79 Å². The number of Topliss-reactive ketones (excluding diaryl/α,β-unsaturated/α-hetero) is 1. The number of aromatic nitrogens is 4. The van der Waals surface area contributed by atoms with E-state index < -0.39 is 0 Å². The normalized spacial score (nSPS) is 15.3. The van der Waals surface area contributed by atoms with Crippen molar-refractivity contribution in [3.05, 3.63) is 29.8 Å². The summed E-state index contributed by atoms with van der Waals surface area (Å²) in [5.41, 5.74) is 2.64. The smallest absolute Gasteiger partial charge is 0.182 e. The standard InChI is InChI=1S/C15H17N5O/c1-10-11(2)18-14(13-9-16-5-6-17-13)19-15(10)20-7-3-12(21)4-8-20/h5-6,9H,3-4,7-8H2,1-2H3. The molecule has 3 rings (SSSR count). The molecule has 0 atom stereocenters. The minimum absolute atomic E-state index is 0.323. The number of anilines is 1. The third-order valence-corrected chi connectivity index (χ3v) is 3.78. The molecule has 0 saturated carbocycles. The zero-order valence-corrected chi connectivity index (χ0v) is 12.2. The topological polar surface area (TPSA) is 71.9 Å². The average Bonchev–Trinajstić information content (AvgIpc) is 2.52. The molecule has 1 saturated heterocycles. The first kappa shape index (κ1) is 13.6. The largest absolute Gasteiger partial charge is 0.355 e. The lowest BCUT2D eigenvalue weighted by Gasteiger charge is -2.29. The molecule has 0 N–H and O–H groups in total. The summed E-state index contributed by atoms with van der Waals surface area (Å²) in [6.45, 7) is 5.42. The van der Waals surface area contributed by atoms with E-state index in [2.05, 4.69) is 24.8 Å². The summed E-state index contributed by atoms with van der Waals surface area (Å²) in [5.74, 6) is 1.80. The zero-order chi connectivity index (χ0) is 14.8. The predicted molar refractivity (Wildman–Crippen MR) is 79.0 cm³/mol. The number of hydrogen-bond donors (Lipinski definition) is 0. The van der Waals surface area contributed by atoms with Crippen molar-refractivity contribution in [3.8, 4) is 11.5 Å². The number of hydrogen-bond acceptors (Lipinski definition) is 6. The number of carbonyl (C=O) groups excluding carboxylic acids is 1. The van der Waals surface area contributed by atoms with Crippen molar-refractivity contribution in [1.29, 1.82) is 0 Å². The average molecular weight is 283 g/mol. The molecule has 0 spiro atoms. The number of ketones is 1. The molecule has 0 radical (unpaired) electrons. The molecule has 2 aromatic heterocycles. The Morgan fingerprint density at radius 3 is 2.52 bits per heavy atom. The van der Waals surface area contributed by atoms with Crippen LogP contribution in [0.1, 0.15) is 24.1 Å². The van der Waals surface area contributed by atoms with Crippen LogP contribution >= 0.6 is 0 Å². The van der Waals surface area contributed by atoms with E-state index in [0.29, 0.717) is 30.1 Å². The summed E-state index contributed by atoms with van der Waals surface area (Å²) in [5, 5.41) is 0. The minimum Gasteiger partial charge on any atom is -0.355 e. The van der Waals surface area contributed by atoms with Gasteiger partial charge in [0.2, 0.25) is 0 Å². The van der Waals surface area contributed by atoms with Gasteiger partial charge < -0.3 is 4.90 Å². The molecule has 0 amide bonds. The lowest BCUT2D eigenvalue weighted by molar-refractivity contribution is -0.119. The van der Waals surface area contributed by atoms with Gasteiger partial charge in [-0.25, -0.2) is 15.0 Å². The van der Waals surface area contributed by atoms with Crippen molar-refractivity contribution in [2.75, 3.05) is 18.0 Å². The number of aryl methyl sites for hydroxylation is 1. The molecule has 0 bridgehead atoms. The fourth-order valence-corrected chi connectivity index (χ4v) is 2.42. The van der Waals surface area contributed by atoms with Crippen molar-refractivity contribution in [1.82, 2.24) is 19.9 Å². The van der Waals surface area contributed by atoms with E-state index in [0.717, 1.165) is 30.2 Å². The number of nitrogens with zero attached hydrogens (tertiary/aromatic N) is 5. The summed E-state index contributed by atoms with van der Waals surface area (Å²) in [6.07, 6.45) is 6.09. The van der Waals surface area contributed by atoms with Gasteiger partial charge >= 0.3 is 0 Å². The van der Waals surface area contributed by atoms with Crippen LogP contribution in [-0.2, 0) is 4.79 Å². The SMILES string of the molecule is Cc1nc(-c2cnccn2)nc(N2CCC(=O)CC2)c1C. The van der Waals surface area contributed by atoms with Gasteiger partial charge in [0.15, 0.2) is 5.82 Å². The van der Waals surface area contributed by atoms with E-state index >= 15 is 0 Å². The summed E-state index contributed by atoms with van der Waals surface area (Å²) in [4.78, 5) is 31.0. The summed E-state index contributed by atoms with van der Waals surface area (Å²) in [6, 6.07) is 0. The Balaban J connectivity index is 2.00. The van der Waals surface area contributed by atoms with Gasteiger partial charge in [0, 0.05) is 49.6 Å². The Morgan fingerprint density at radius 2 is 1.86 bits per heavy atom. The van der Waals surface area contributed by atoms with Crippen LogP contribution in [0.4, 0.5) is 5.82 Å². The second-order valence-corrected chi connectivity index (χ2v) is 5.20. The lowest BCUT2D eigenvalue weighted by Crippen LogP contribution is -2.35. The Morgan fingerprint density at radius 1 is 1.10 bits per heavy atom. The highest BCUT2D eigenvalue weighted by Crippen LogP contribution is 2.25. The fourth-order valence-electron chi connectivity index (χ4n) is 2.42. The molecular formula is C15H17N5O. The van der Waals surface area contributed by atoms with Gasteiger partial charge in [-0.05, 0) is 13.8 Å². The number of piperidine rings is 1. The number of carbonyl (C=O) groups is 1. The summed E-state index contributed by atoms with van der Waals surface area (Å²) >= 11 is 0. The van der Waals surface area contributed by atoms with Crippen LogP contribution in [-0.4, -0.2) is 38.8 Å². The molecule has 0 aliphatic carbocycles. The maximum absolute atomic E-state index is 11.4. The maximum atomic E-state index is 11.4. The molecule has 1 fully saturated rings. The first-order valence-electron chi connectivity index (χ1n) is 7.03. The molecule has 0 aromatic carbocycles. The summed E-state index contributed by atoms with van der Waals surface area (Å²) in [7, 11) is 0. The first-order chi connectivity index (χ1) is 10.1. The molecule has 1 aliphatic rings. The molecule has 3 heterocycles. The minimum atomic E-state index is 0.323. The van der Waals surface area contributed by atoms with E-state index in [-0.39, 0.29) is 0 Å². The Hall–Kier alpha value is -2.37. The predicted octanol–water partition coefficient (Wildman–Crippen LogP) is 1.72. The van der Waals surface area contributed by atoms with E-state index in [4.69, 9.17) is 0 Å². The van der Waals surface area contributed by atoms with Gasteiger partial charge in [-0.2, -0.15) is 0 Å². The second kappa shape index (κ2) is 5.55. The highest BCUT2D eigenvalue weighted by atomic mass is 16.1. The van der Waals surface area contributed by atoms with Crippen molar-refractivity contribution in [3.63, 3.8) is 0 Å². The monoisotopic (exact) mass is 283 g/mol. The van der Waals surface area contributed by atoms with Crippen LogP contribution in [0.15, 0.2) is 18.6 Å². The molecule has 0 unspecified atom stereocenters. The molecule has 2 aromatic rings. The van der Waals surface area contributed by atoms with Crippen molar-refractivity contribution in [2.24, 2.45) is 0 Å². The third kappa shape index (κ3) is 2.74. The van der Waals surface area contributed by atoms with E-state index in [1.165, 1.54) is 0 Å². The van der Waals surface area contributed by atoms with E-state index in [1.807, 2.05) is 13.8 Å². The number of rotatable bonds is 2. The van der Waals surface area contributed by atoms with Gasteiger partial charge in [-0.15, -0.1) is 0 Å². The van der Waals surface area contributed by atoms with Crippen molar-refractivity contribution >= 4 is 11.6 Å². The van der Waals surface area contributed by atoms with Crippen LogP contribution in [0.3, 0.4) is 0 Å². The van der Waals surface area contributed by atoms with Crippen molar-refractivity contribution in [2.45, 2.75) is 26.7 Å². The van der Waals surface area contributed by atoms with E-state index in [1.54, 1.807) is 18.6 Å². The van der Waals surface area contributed by atoms with Crippen LogP contribution in [0, 0.1) is 13.8 Å². The quantitative estimate of drug-likeness (QED) is 0.835. The van der Waals surface area contributed by atoms with Gasteiger partial charge in [0.1, 0.15) is 17.3 Å². The van der Waals surface area contributed by atoms with Crippen LogP contribution in [0.2, 0.25) is 0 Å². The van der Waals surface area contributed by atoms with Crippen LogP contribution in [0.25, 0.3) is 11.5 Å². The Kier molecular flexibility index (Phi) is 3.60. The maximum Gasteiger partial charge on any atom is 0.182 e. The zero-order valence-electron chi connectivity index (χ0n) is 12.2. The van der Waals surface area contributed by atoms with E-state index in [9.17, 15) is 4.79 Å². The molecule has 21 heavy (non-hydrogen) atoms. The highest BCUT2D eigenvalue weighted by Gasteiger charge is 2.21. The second-order valence-electron chi connectivity index (χ2n) is 5.20. The Labute approximate surface area is 123 Å². The summed E-state index contributed by atoms with van der Waals surface area (Å²) < 4.78 is 0. The Bertz CT molecular complexity index is 661. The molecule has 6 nitrogen and oxygen atoms in total. The third-order valence-electron chi connectivity index (χ3n) is 3.78. The molecule has 6 heteroatoms. The fraction of sp³-hybridized carbons (Fsp3) is 0.400. The lowest BCUT2D eigenvalue weighted by atomic mass is 10.1. The van der Waals surface area contributed by atoms with Crippen LogP contribution in [0.5, 0.6) is 0 Å². The van der Waals surface area contributed by atoms with Gasteiger partial charge in [0.25, 0.3) is 0 Å². The first-order valence-corrected chi connectivity index (χ1v) is 7.03. The highest BCUT2D eigenvalue weighted by molar-refractivity contribution is 5.81. The molecular weight excluding hydrogens is 266 g/mol. The van der Waals surface area contributed by atoms with Gasteiger partial charge in [0.05, 0.1) is 6.20 Å². The molecule has 1 aliphatic heterocycles. The molecule has 108 valence electrons. The van der Waals surface area contributed by atoms with Gasteiger partial charge in [-0.3, -0.25) is 9.78 Å². The van der Waals surface area contributed by atoms with Crippen LogP contribution < -0.4 is 4.90 Å².